The van der Waals surface area contributed by atoms with Crippen molar-refractivity contribution in [2.75, 3.05) is 5.73 Å². The van der Waals surface area contributed by atoms with Crippen LogP contribution in [0.15, 0.2) is 0 Å². The van der Waals surface area contributed by atoms with Gasteiger partial charge in [-0.1, -0.05) is 6.92 Å². The fourth-order valence-corrected chi connectivity index (χ4v) is 1.17. The number of anilines is 1. The molecule has 0 amide bonds. The van der Waals surface area contributed by atoms with Gasteiger partial charge in [0.2, 0.25) is 5.82 Å². The van der Waals surface area contributed by atoms with E-state index >= 15 is 0 Å². The molecule has 0 radical (unpaired) electrons. The Balaban J connectivity index is 3.32. The summed E-state index contributed by atoms with van der Waals surface area (Å²) in [6, 6.07) is 0. The lowest BCUT2D eigenvalue weighted by Gasteiger charge is -1.94. The first-order valence-electron chi connectivity index (χ1n) is 3.53. The maximum atomic E-state index is 10.5. The molecule has 0 atom stereocenters. The van der Waals surface area contributed by atoms with E-state index in [0.717, 1.165) is 0 Å². The Morgan fingerprint density at radius 3 is 2.67 bits per heavy atom. The Hall–Kier alpha value is -1.59. The normalized spacial score (nSPS) is 10.2. The van der Waals surface area contributed by atoms with E-state index in [1.807, 2.05) is 6.92 Å². The van der Waals surface area contributed by atoms with E-state index < -0.39 is 4.92 Å². The van der Waals surface area contributed by atoms with Crippen LogP contribution in [0.5, 0.6) is 0 Å². The molecule has 0 aliphatic rings. The molecule has 6 heteroatoms. The monoisotopic (exact) mass is 170 g/mol. The zero-order valence-electron chi connectivity index (χ0n) is 6.94. The van der Waals surface area contributed by atoms with Gasteiger partial charge in [-0.05, 0) is 6.42 Å². The van der Waals surface area contributed by atoms with Crippen LogP contribution in [-0.2, 0) is 13.5 Å². The first kappa shape index (κ1) is 8.51. The average Bonchev–Trinajstić information content (AvgIpc) is 2.24. The van der Waals surface area contributed by atoms with Crippen molar-refractivity contribution in [3.63, 3.8) is 0 Å². The molecule has 6 nitrogen and oxygen atoms in total. The van der Waals surface area contributed by atoms with Crippen LogP contribution in [0.25, 0.3) is 0 Å². The molecule has 0 saturated carbocycles. The molecule has 0 aliphatic heterocycles. The first-order valence-corrected chi connectivity index (χ1v) is 3.53. The molecule has 1 heterocycles. The van der Waals surface area contributed by atoms with Gasteiger partial charge in [0.25, 0.3) is 0 Å². The second kappa shape index (κ2) is 2.80. The number of aryl methyl sites for hydroxylation is 1. The summed E-state index contributed by atoms with van der Waals surface area (Å²) in [7, 11) is 1.64. The lowest BCUT2D eigenvalue weighted by atomic mass is 10.3. The minimum Gasteiger partial charge on any atom is -0.376 e. The number of hydrogen-bond donors (Lipinski definition) is 1. The number of nitro groups is 1. The van der Waals surface area contributed by atoms with Crippen molar-refractivity contribution in [1.82, 2.24) is 9.78 Å². The van der Waals surface area contributed by atoms with Crippen molar-refractivity contribution in [1.29, 1.82) is 0 Å². The third-order valence-electron chi connectivity index (χ3n) is 1.68. The van der Waals surface area contributed by atoms with Gasteiger partial charge in [0, 0.05) is 7.05 Å². The predicted molar refractivity (Wildman–Crippen MR) is 43.7 cm³/mol. The quantitative estimate of drug-likeness (QED) is 0.516. The molecule has 1 aromatic rings. The highest BCUT2D eigenvalue weighted by atomic mass is 16.6. The lowest BCUT2D eigenvalue weighted by Crippen LogP contribution is -1.98. The first-order chi connectivity index (χ1) is 5.57. The summed E-state index contributed by atoms with van der Waals surface area (Å²) in [5.41, 5.74) is 5.83. The van der Waals surface area contributed by atoms with Crippen molar-refractivity contribution in [3.8, 4) is 0 Å². The summed E-state index contributed by atoms with van der Waals surface area (Å²) in [6.45, 7) is 1.82. The fraction of sp³-hybridized carbons (Fsp3) is 0.500. The highest BCUT2D eigenvalue weighted by Crippen LogP contribution is 2.24. The molecule has 0 fully saturated rings. The van der Waals surface area contributed by atoms with E-state index in [-0.39, 0.29) is 11.5 Å². The van der Waals surface area contributed by atoms with Gasteiger partial charge in [-0.25, -0.2) is 0 Å². The van der Waals surface area contributed by atoms with Gasteiger partial charge in [0.05, 0.1) is 4.92 Å². The molecule has 12 heavy (non-hydrogen) atoms. The van der Waals surface area contributed by atoms with Crippen LogP contribution in [0.2, 0.25) is 0 Å². The van der Waals surface area contributed by atoms with Crippen LogP contribution in [0.3, 0.4) is 0 Å². The zero-order valence-corrected chi connectivity index (χ0v) is 6.94. The minimum atomic E-state index is -0.499. The van der Waals surface area contributed by atoms with Crippen molar-refractivity contribution < 1.29 is 4.92 Å². The largest absolute Gasteiger partial charge is 0.376 e. The number of hydrogen-bond acceptors (Lipinski definition) is 4. The maximum absolute atomic E-state index is 10.5. The molecule has 0 bridgehead atoms. The number of nitrogen functional groups attached to an aromatic ring is 1. The van der Waals surface area contributed by atoms with Crippen LogP contribution in [0, 0.1) is 10.1 Å². The Bertz CT molecular complexity index is 318. The molecule has 0 spiro atoms. The Morgan fingerprint density at radius 2 is 2.33 bits per heavy atom. The summed E-state index contributed by atoms with van der Waals surface area (Å²) in [5, 5.41) is 14.2. The summed E-state index contributed by atoms with van der Waals surface area (Å²) < 4.78 is 1.44. The van der Waals surface area contributed by atoms with Gasteiger partial charge in [-0.3, -0.25) is 14.8 Å². The van der Waals surface area contributed by atoms with Crippen LogP contribution in [0.4, 0.5) is 11.5 Å². The van der Waals surface area contributed by atoms with Crippen molar-refractivity contribution in [2.45, 2.75) is 13.3 Å². The van der Waals surface area contributed by atoms with E-state index in [1.165, 1.54) is 4.68 Å². The fourth-order valence-electron chi connectivity index (χ4n) is 1.17. The molecular formula is C6H10N4O2. The Morgan fingerprint density at radius 1 is 1.75 bits per heavy atom. The van der Waals surface area contributed by atoms with Crippen LogP contribution in [-0.4, -0.2) is 14.7 Å². The third-order valence-corrected chi connectivity index (χ3v) is 1.68. The summed E-state index contributed by atoms with van der Waals surface area (Å²) in [4.78, 5) is 9.99. The van der Waals surface area contributed by atoms with Crippen LogP contribution < -0.4 is 5.73 Å². The molecule has 66 valence electrons. The zero-order chi connectivity index (χ0) is 9.30. The molecule has 0 aliphatic carbocycles. The summed E-state index contributed by atoms with van der Waals surface area (Å²) in [6.07, 6.45) is 0.553. The second-order valence-corrected chi connectivity index (χ2v) is 2.41. The number of aromatic nitrogens is 2. The van der Waals surface area contributed by atoms with E-state index in [0.29, 0.717) is 12.1 Å². The minimum absolute atomic E-state index is 0.0145. The highest BCUT2D eigenvalue weighted by Gasteiger charge is 2.22. The molecule has 2 N–H and O–H groups in total. The number of rotatable bonds is 2. The molecule has 0 saturated heterocycles. The average molecular weight is 170 g/mol. The number of nitrogens with two attached hydrogens (primary N) is 1. The van der Waals surface area contributed by atoms with Crippen LogP contribution >= 0.6 is 0 Å². The van der Waals surface area contributed by atoms with E-state index in [4.69, 9.17) is 5.73 Å². The van der Waals surface area contributed by atoms with Crippen molar-refractivity contribution in [2.24, 2.45) is 7.05 Å². The predicted octanol–water partition coefficient (Wildman–Crippen LogP) is 0.473. The van der Waals surface area contributed by atoms with Gasteiger partial charge in [0.15, 0.2) is 0 Å². The van der Waals surface area contributed by atoms with E-state index in [1.54, 1.807) is 7.05 Å². The van der Waals surface area contributed by atoms with Crippen molar-refractivity contribution >= 4 is 11.5 Å². The SMILES string of the molecule is CCc1c([N+](=O)[O-])c(N)nn1C. The molecule has 0 aromatic carbocycles. The lowest BCUT2D eigenvalue weighted by molar-refractivity contribution is -0.384. The molecule has 1 rings (SSSR count). The van der Waals surface area contributed by atoms with E-state index in [2.05, 4.69) is 5.10 Å². The van der Waals surface area contributed by atoms with Crippen LogP contribution in [0.1, 0.15) is 12.6 Å². The van der Waals surface area contributed by atoms with Crippen molar-refractivity contribution in [3.05, 3.63) is 15.8 Å². The number of nitrogens with zero attached hydrogens (tertiary/aromatic N) is 3. The van der Waals surface area contributed by atoms with E-state index in [9.17, 15) is 10.1 Å². The van der Waals surface area contributed by atoms with Gasteiger partial charge in [0.1, 0.15) is 5.69 Å². The molecule has 0 unspecified atom stereocenters. The smallest absolute Gasteiger partial charge is 0.333 e. The summed E-state index contributed by atoms with van der Waals surface area (Å²) >= 11 is 0. The topological polar surface area (TPSA) is 87.0 Å². The summed E-state index contributed by atoms with van der Waals surface area (Å²) in [5.74, 6) is -0.0145. The van der Waals surface area contributed by atoms with Gasteiger partial charge >= 0.3 is 5.69 Å². The Labute approximate surface area is 69.1 Å². The van der Waals surface area contributed by atoms with Gasteiger partial charge in [-0.15, -0.1) is 5.10 Å². The second-order valence-electron chi connectivity index (χ2n) is 2.41. The molecular weight excluding hydrogens is 160 g/mol. The Kier molecular flexibility index (Phi) is 1.99. The highest BCUT2D eigenvalue weighted by molar-refractivity contribution is 5.55. The maximum Gasteiger partial charge on any atom is 0.333 e. The standard InChI is InChI=1S/C6H10N4O2/c1-3-4-5(10(11)12)6(7)8-9(4)2/h3H2,1-2H3,(H2,7,8). The van der Waals surface area contributed by atoms with Gasteiger partial charge in [-0.2, -0.15) is 0 Å². The third kappa shape index (κ3) is 1.11. The van der Waals surface area contributed by atoms with Gasteiger partial charge < -0.3 is 5.73 Å². The molecule has 1 aromatic heterocycles.